The number of carbonyl (C=O) groups excluding carboxylic acids is 1. The van der Waals surface area contributed by atoms with E-state index in [1.54, 1.807) is 51.2 Å². The molecule has 0 saturated carbocycles. The average molecular weight is 445 g/mol. The van der Waals surface area contributed by atoms with Gasteiger partial charge in [-0.2, -0.15) is 0 Å². The van der Waals surface area contributed by atoms with Crippen molar-refractivity contribution in [3.8, 4) is 21.0 Å². The number of nitrogens with one attached hydrogen (secondary N) is 2. The van der Waals surface area contributed by atoms with Crippen molar-refractivity contribution < 1.29 is 13.2 Å². The molecule has 30 heavy (non-hydrogen) atoms. The van der Waals surface area contributed by atoms with Gasteiger partial charge in [0.25, 0.3) is 0 Å². The predicted octanol–water partition coefficient (Wildman–Crippen LogP) is 4.09. The van der Waals surface area contributed by atoms with Crippen molar-refractivity contribution in [3.05, 3.63) is 48.7 Å². The monoisotopic (exact) mass is 444 g/mol. The number of benzene rings is 2. The van der Waals surface area contributed by atoms with E-state index in [0.29, 0.717) is 21.8 Å². The Labute approximate surface area is 180 Å². The first-order valence-electron chi connectivity index (χ1n) is 9.22. The summed E-state index contributed by atoms with van der Waals surface area (Å²) >= 11 is 1.38. The molecule has 2 aromatic carbocycles. The maximum absolute atomic E-state index is 13.0. The van der Waals surface area contributed by atoms with Gasteiger partial charge in [0.15, 0.2) is 0 Å². The molecule has 4 N–H and O–H groups in total. The van der Waals surface area contributed by atoms with Gasteiger partial charge in [-0.15, -0.1) is 11.3 Å². The smallest absolute Gasteiger partial charge is 0.241 e. The molecule has 0 spiro atoms. The second-order valence-electron chi connectivity index (χ2n) is 7.90. The molecule has 0 aliphatic rings. The third-order valence-electron chi connectivity index (χ3n) is 3.96. The van der Waals surface area contributed by atoms with E-state index in [-0.39, 0.29) is 10.8 Å². The predicted molar refractivity (Wildman–Crippen MR) is 122 cm³/mol. The van der Waals surface area contributed by atoms with Crippen molar-refractivity contribution >= 4 is 38.6 Å². The van der Waals surface area contributed by atoms with Gasteiger partial charge < -0.3 is 11.1 Å². The zero-order valence-electron chi connectivity index (χ0n) is 17.2. The number of nitrogens with zero attached hydrogens (tertiary/aromatic N) is 1. The molecular formula is C21H24N4O3S2. The largest absolute Gasteiger partial charge is 0.399 e. The molecule has 1 amide bonds. The Morgan fingerprint density at radius 2 is 1.77 bits per heavy atom. The minimum Gasteiger partial charge on any atom is -0.399 e. The van der Waals surface area contributed by atoms with Crippen LogP contribution >= 0.6 is 11.3 Å². The number of aromatic nitrogens is 1. The molecule has 0 fully saturated rings. The number of hydrogen-bond donors (Lipinski definition) is 3. The number of amides is 1. The van der Waals surface area contributed by atoms with Crippen LogP contribution in [0, 0.1) is 0 Å². The van der Waals surface area contributed by atoms with Gasteiger partial charge in [0, 0.05) is 41.2 Å². The first-order valence-corrected chi connectivity index (χ1v) is 11.5. The highest BCUT2D eigenvalue weighted by atomic mass is 32.2. The van der Waals surface area contributed by atoms with Crippen molar-refractivity contribution in [2.75, 3.05) is 11.1 Å². The van der Waals surface area contributed by atoms with Crippen LogP contribution in [0.3, 0.4) is 0 Å². The lowest BCUT2D eigenvalue weighted by atomic mass is 10.1. The van der Waals surface area contributed by atoms with Crippen molar-refractivity contribution in [2.45, 2.75) is 38.1 Å². The van der Waals surface area contributed by atoms with Gasteiger partial charge in [-0.05, 0) is 57.2 Å². The van der Waals surface area contributed by atoms with Gasteiger partial charge >= 0.3 is 0 Å². The highest BCUT2D eigenvalue weighted by Crippen LogP contribution is 2.36. The molecule has 3 rings (SSSR count). The molecule has 0 unspecified atom stereocenters. The highest BCUT2D eigenvalue weighted by molar-refractivity contribution is 7.89. The molecule has 0 aliphatic carbocycles. The highest BCUT2D eigenvalue weighted by Gasteiger charge is 2.26. The van der Waals surface area contributed by atoms with E-state index in [1.807, 2.05) is 12.1 Å². The fraction of sp³-hybridized carbons (Fsp3) is 0.238. The van der Waals surface area contributed by atoms with E-state index in [0.717, 1.165) is 10.6 Å². The van der Waals surface area contributed by atoms with E-state index < -0.39 is 15.6 Å². The number of sulfonamides is 1. The van der Waals surface area contributed by atoms with Crippen LogP contribution in [0.25, 0.3) is 21.0 Å². The lowest BCUT2D eigenvalue weighted by Gasteiger charge is -2.21. The average Bonchev–Trinajstić information content (AvgIpc) is 3.09. The van der Waals surface area contributed by atoms with Crippen LogP contribution in [0.5, 0.6) is 0 Å². The van der Waals surface area contributed by atoms with Gasteiger partial charge in [0.05, 0.1) is 9.77 Å². The Balaban J connectivity index is 1.99. The molecule has 3 aromatic rings. The normalized spacial score (nSPS) is 12.0. The van der Waals surface area contributed by atoms with E-state index in [9.17, 15) is 13.2 Å². The molecule has 0 atom stereocenters. The van der Waals surface area contributed by atoms with Gasteiger partial charge in [-0.25, -0.2) is 18.1 Å². The Bertz CT molecular complexity index is 1180. The third-order valence-corrected chi connectivity index (χ3v) is 6.84. The molecule has 0 saturated heterocycles. The van der Waals surface area contributed by atoms with Crippen LogP contribution in [-0.2, 0) is 14.8 Å². The van der Waals surface area contributed by atoms with Crippen LogP contribution in [0.15, 0.2) is 53.6 Å². The molecule has 7 nitrogen and oxygen atoms in total. The van der Waals surface area contributed by atoms with Crippen molar-refractivity contribution in [1.29, 1.82) is 0 Å². The van der Waals surface area contributed by atoms with Gasteiger partial charge in [-0.1, -0.05) is 6.07 Å². The van der Waals surface area contributed by atoms with E-state index in [1.165, 1.54) is 24.3 Å². The van der Waals surface area contributed by atoms with Gasteiger partial charge in [0.2, 0.25) is 15.9 Å². The number of nitrogens with two attached hydrogens (primary N) is 1. The maximum atomic E-state index is 13.0. The lowest BCUT2D eigenvalue weighted by Crippen LogP contribution is -2.40. The van der Waals surface area contributed by atoms with Crippen LogP contribution in [0.2, 0.25) is 0 Å². The number of thiazole rings is 1. The van der Waals surface area contributed by atoms with Crippen molar-refractivity contribution in [1.82, 2.24) is 9.71 Å². The fourth-order valence-corrected chi connectivity index (χ4v) is 5.55. The molecule has 0 radical (unpaired) electrons. The first kappa shape index (κ1) is 21.9. The van der Waals surface area contributed by atoms with Crippen molar-refractivity contribution in [2.24, 2.45) is 0 Å². The number of anilines is 2. The van der Waals surface area contributed by atoms with Gasteiger partial charge in [0.1, 0.15) is 5.01 Å². The molecule has 9 heteroatoms. The standard InChI is InChI=1S/C21H24N4O3S2/c1-13(26)24-16-8-5-14(6-9-16)20-23-12-18(29-20)17-10-7-15(22)11-19(17)30(27,28)25-21(2,3)4/h5-12,25H,22H2,1-4H3,(H,24,26). The summed E-state index contributed by atoms with van der Waals surface area (Å²) in [5.74, 6) is -0.139. The molecular weight excluding hydrogens is 420 g/mol. The summed E-state index contributed by atoms with van der Waals surface area (Å²) in [6.45, 7) is 6.80. The Kier molecular flexibility index (Phi) is 5.98. The Morgan fingerprint density at radius 1 is 1.10 bits per heavy atom. The second kappa shape index (κ2) is 8.17. The molecule has 0 aliphatic heterocycles. The summed E-state index contributed by atoms with van der Waals surface area (Å²) in [5, 5.41) is 3.46. The summed E-state index contributed by atoms with van der Waals surface area (Å²) in [4.78, 5) is 16.5. The summed E-state index contributed by atoms with van der Waals surface area (Å²) in [5.41, 5.74) is 7.72. The molecule has 0 bridgehead atoms. The van der Waals surface area contributed by atoms with E-state index in [4.69, 9.17) is 5.73 Å². The number of hydrogen-bond acceptors (Lipinski definition) is 6. The Hall–Kier alpha value is -2.75. The van der Waals surface area contributed by atoms with E-state index in [2.05, 4.69) is 15.0 Å². The summed E-state index contributed by atoms with van der Waals surface area (Å²) in [6.07, 6.45) is 1.66. The van der Waals surface area contributed by atoms with Crippen LogP contribution in [0.4, 0.5) is 11.4 Å². The van der Waals surface area contributed by atoms with Gasteiger partial charge in [-0.3, -0.25) is 4.79 Å². The molecule has 1 heterocycles. The quantitative estimate of drug-likeness (QED) is 0.513. The third kappa shape index (κ3) is 5.24. The number of nitrogen functional groups attached to an aromatic ring is 1. The minimum atomic E-state index is -3.78. The maximum Gasteiger partial charge on any atom is 0.241 e. The summed E-state index contributed by atoms with van der Waals surface area (Å²) < 4.78 is 28.6. The fourth-order valence-electron chi connectivity index (χ4n) is 2.85. The van der Waals surface area contributed by atoms with Crippen LogP contribution in [-0.4, -0.2) is 24.8 Å². The topological polar surface area (TPSA) is 114 Å². The SMILES string of the molecule is CC(=O)Nc1ccc(-c2ncc(-c3ccc(N)cc3S(=O)(=O)NC(C)(C)C)s2)cc1. The summed E-state index contributed by atoms with van der Waals surface area (Å²) in [6, 6.07) is 12.1. The minimum absolute atomic E-state index is 0.119. The zero-order valence-corrected chi connectivity index (χ0v) is 18.8. The zero-order chi connectivity index (χ0) is 22.1. The first-order chi connectivity index (χ1) is 13.9. The lowest BCUT2D eigenvalue weighted by molar-refractivity contribution is -0.114. The Morgan fingerprint density at radius 3 is 2.37 bits per heavy atom. The number of rotatable bonds is 5. The second-order valence-corrected chi connectivity index (χ2v) is 10.6. The molecule has 1 aromatic heterocycles. The van der Waals surface area contributed by atoms with E-state index >= 15 is 0 Å². The van der Waals surface area contributed by atoms with Crippen LogP contribution in [0.1, 0.15) is 27.7 Å². The van der Waals surface area contributed by atoms with Crippen LogP contribution < -0.4 is 15.8 Å². The number of carbonyl (C=O) groups is 1. The van der Waals surface area contributed by atoms with Crippen molar-refractivity contribution in [3.63, 3.8) is 0 Å². The summed E-state index contributed by atoms with van der Waals surface area (Å²) in [7, 11) is -3.78. The molecule has 158 valence electrons.